The minimum Gasteiger partial charge on any atom is -0.490 e. The number of H-pyrrole nitrogens is 1. The van der Waals surface area contributed by atoms with Gasteiger partial charge < -0.3 is 14.5 Å². The van der Waals surface area contributed by atoms with Gasteiger partial charge in [0.25, 0.3) is 5.91 Å². The lowest BCUT2D eigenvalue weighted by atomic mass is 10.0. The van der Waals surface area contributed by atoms with Crippen molar-refractivity contribution in [2.45, 2.75) is 13.8 Å². The van der Waals surface area contributed by atoms with Gasteiger partial charge in [0, 0.05) is 16.5 Å². The van der Waals surface area contributed by atoms with Crippen LogP contribution in [0.5, 0.6) is 11.5 Å². The molecular weight excluding hydrogens is 526 g/mol. The third kappa shape index (κ3) is 5.60. The minimum atomic E-state index is -0.594. The molecule has 200 valence electrons. The Morgan fingerprint density at radius 2 is 1.73 bits per heavy atom. The highest BCUT2D eigenvalue weighted by atomic mass is 35.5. The molecule has 40 heavy (non-hydrogen) atoms. The maximum atomic E-state index is 13.3. The van der Waals surface area contributed by atoms with Gasteiger partial charge in [-0.3, -0.25) is 4.79 Å². The van der Waals surface area contributed by atoms with Crippen LogP contribution in [0.25, 0.3) is 22.0 Å². The summed E-state index contributed by atoms with van der Waals surface area (Å²) in [6, 6.07) is 27.4. The number of ether oxygens (including phenoxy) is 2. The van der Waals surface area contributed by atoms with Crippen LogP contribution in [0.2, 0.25) is 5.02 Å². The summed E-state index contributed by atoms with van der Waals surface area (Å²) in [5.74, 6) is -0.367. The Labute approximate surface area is 236 Å². The standard InChI is InChI=1S/C32H26ClN3O4/c1-3-39-27-18-21(16-17-26(27)40-32(38)23-13-7-8-15-25(23)33)19-34-36-31(37)30-28(22-11-5-4-6-12-22)24-14-9-10-20(2)29(24)35-30/h4-19,35H,3H2,1-2H3,(H,36,37). The summed E-state index contributed by atoms with van der Waals surface area (Å²) >= 11 is 6.13. The SMILES string of the molecule is CCOc1cc(C=NNC(=O)c2[nH]c3c(C)cccc3c2-c2ccccc2)ccc1OC(=O)c1ccccc1Cl. The molecule has 1 heterocycles. The molecule has 0 aliphatic rings. The zero-order valence-electron chi connectivity index (χ0n) is 21.9. The summed E-state index contributed by atoms with van der Waals surface area (Å²) in [4.78, 5) is 29.2. The molecule has 1 aromatic heterocycles. The predicted molar refractivity (Wildman–Crippen MR) is 158 cm³/mol. The molecule has 0 fully saturated rings. The lowest BCUT2D eigenvalue weighted by Gasteiger charge is -2.12. The number of aromatic amines is 1. The highest BCUT2D eigenvalue weighted by molar-refractivity contribution is 6.33. The molecule has 0 unspecified atom stereocenters. The molecule has 0 spiro atoms. The van der Waals surface area contributed by atoms with Crippen molar-refractivity contribution in [3.8, 4) is 22.6 Å². The number of amides is 1. The fourth-order valence-corrected chi connectivity index (χ4v) is 4.61. The number of hydrazone groups is 1. The number of aromatic nitrogens is 1. The Bertz CT molecular complexity index is 1730. The predicted octanol–water partition coefficient (Wildman–Crippen LogP) is 7.18. The van der Waals surface area contributed by atoms with Gasteiger partial charge in [-0.15, -0.1) is 0 Å². The fraction of sp³-hybridized carbons (Fsp3) is 0.0938. The molecule has 0 atom stereocenters. The van der Waals surface area contributed by atoms with E-state index in [1.807, 2.05) is 62.4 Å². The first kappa shape index (κ1) is 26.7. The lowest BCUT2D eigenvalue weighted by Crippen LogP contribution is -2.19. The van der Waals surface area contributed by atoms with Crippen molar-refractivity contribution in [1.82, 2.24) is 10.4 Å². The minimum absolute atomic E-state index is 0.244. The number of benzene rings is 4. The van der Waals surface area contributed by atoms with Gasteiger partial charge in [-0.1, -0.05) is 72.3 Å². The maximum absolute atomic E-state index is 13.3. The Balaban J connectivity index is 1.37. The highest BCUT2D eigenvalue weighted by Gasteiger charge is 2.20. The summed E-state index contributed by atoms with van der Waals surface area (Å²) in [5, 5.41) is 5.43. The van der Waals surface area contributed by atoms with E-state index in [-0.39, 0.29) is 17.2 Å². The Kier molecular flexibility index (Phi) is 7.94. The number of hydrogen-bond donors (Lipinski definition) is 2. The first-order chi connectivity index (χ1) is 19.5. The van der Waals surface area contributed by atoms with Gasteiger partial charge in [-0.2, -0.15) is 5.10 Å². The van der Waals surface area contributed by atoms with E-state index in [9.17, 15) is 9.59 Å². The molecule has 1 amide bonds. The van der Waals surface area contributed by atoms with Crippen molar-refractivity contribution in [3.05, 3.63) is 118 Å². The quantitative estimate of drug-likeness (QED) is 0.0924. The third-order valence-corrected chi connectivity index (χ3v) is 6.60. The summed E-state index contributed by atoms with van der Waals surface area (Å²) < 4.78 is 11.2. The van der Waals surface area contributed by atoms with Crippen molar-refractivity contribution >= 4 is 40.6 Å². The highest BCUT2D eigenvalue weighted by Crippen LogP contribution is 2.34. The molecule has 0 bridgehead atoms. The second-order valence-electron chi connectivity index (χ2n) is 8.95. The number of aryl methyl sites for hydroxylation is 1. The van der Waals surface area contributed by atoms with Gasteiger partial charge in [-0.05, 0) is 60.9 Å². The van der Waals surface area contributed by atoms with E-state index in [2.05, 4.69) is 15.5 Å². The van der Waals surface area contributed by atoms with Crippen LogP contribution in [0.15, 0.2) is 96.1 Å². The zero-order valence-corrected chi connectivity index (χ0v) is 22.7. The molecule has 5 aromatic rings. The number of nitrogens with one attached hydrogen (secondary N) is 2. The molecule has 0 radical (unpaired) electrons. The third-order valence-electron chi connectivity index (χ3n) is 6.28. The Morgan fingerprint density at radius 1 is 0.950 bits per heavy atom. The molecule has 0 saturated heterocycles. The largest absolute Gasteiger partial charge is 0.490 e. The van der Waals surface area contributed by atoms with Crippen LogP contribution < -0.4 is 14.9 Å². The first-order valence-electron chi connectivity index (χ1n) is 12.7. The molecule has 2 N–H and O–H groups in total. The van der Waals surface area contributed by atoms with Crippen LogP contribution >= 0.6 is 11.6 Å². The van der Waals surface area contributed by atoms with Crippen LogP contribution in [-0.2, 0) is 0 Å². The molecule has 0 saturated carbocycles. The monoisotopic (exact) mass is 551 g/mol. The number of carbonyl (C=O) groups is 2. The van der Waals surface area contributed by atoms with Gasteiger partial charge in [0.2, 0.25) is 0 Å². The summed E-state index contributed by atoms with van der Waals surface area (Å²) in [5.41, 5.74) is 7.61. The number of carbonyl (C=O) groups excluding carboxylic acids is 2. The van der Waals surface area contributed by atoms with Crippen molar-refractivity contribution < 1.29 is 19.1 Å². The maximum Gasteiger partial charge on any atom is 0.345 e. The van der Waals surface area contributed by atoms with Crippen LogP contribution in [0, 0.1) is 6.92 Å². The van der Waals surface area contributed by atoms with E-state index in [0.717, 1.165) is 27.6 Å². The molecule has 8 heteroatoms. The molecule has 7 nitrogen and oxygen atoms in total. The molecule has 0 aliphatic heterocycles. The van der Waals surface area contributed by atoms with Crippen molar-refractivity contribution in [2.75, 3.05) is 6.61 Å². The van der Waals surface area contributed by atoms with Gasteiger partial charge in [0.1, 0.15) is 5.69 Å². The van der Waals surface area contributed by atoms with Crippen molar-refractivity contribution in [2.24, 2.45) is 5.10 Å². The number of fused-ring (bicyclic) bond motifs is 1. The van der Waals surface area contributed by atoms with Crippen LogP contribution in [0.3, 0.4) is 0 Å². The molecule has 0 aliphatic carbocycles. The molecule has 5 rings (SSSR count). The number of nitrogens with zero attached hydrogens (tertiary/aromatic N) is 1. The fourth-order valence-electron chi connectivity index (χ4n) is 4.40. The summed E-state index contributed by atoms with van der Waals surface area (Å²) in [6.07, 6.45) is 1.50. The number of esters is 1. The van der Waals surface area contributed by atoms with E-state index in [4.69, 9.17) is 21.1 Å². The number of rotatable bonds is 8. The summed E-state index contributed by atoms with van der Waals surface area (Å²) in [6.45, 7) is 4.18. The van der Waals surface area contributed by atoms with E-state index >= 15 is 0 Å². The van der Waals surface area contributed by atoms with E-state index in [1.54, 1.807) is 42.5 Å². The first-order valence-corrected chi connectivity index (χ1v) is 13.1. The Morgan fingerprint density at radius 3 is 2.50 bits per heavy atom. The van der Waals surface area contributed by atoms with Gasteiger partial charge in [-0.25, -0.2) is 10.2 Å². The second kappa shape index (κ2) is 11.9. The van der Waals surface area contributed by atoms with Crippen LogP contribution in [-0.4, -0.2) is 29.7 Å². The number of hydrogen-bond acceptors (Lipinski definition) is 5. The molecule has 4 aromatic carbocycles. The molecular formula is C32H26ClN3O4. The Hall–Kier alpha value is -4.88. The topological polar surface area (TPSA) is 92.8 Å². The van der Waals surface area contributed by atoms with Crippen molar-refractivity contribution in [1.29, 1.82) is 0 Å². The van der Waals surface area contributed by atoms with Gasteiger partial charge in [0.15, 0.2) is 11.5 Å². The zero-order chi connectivity index (χ0) is 28.1. The van der Waals surface area contributed by atoms with E-state index < -0.39 is 5.97 Å². The number of para-hydroxylation sites is 1. The average molecular weight is 552 g/mol. The normalized spacial score (nSPS) is 11.1. The van der Waals surface area contributed by atoms with Crippen molar-refractivity contribution in [3.63, 3.8) is 0 Å². The lowest BCUT2D eigenvalue weighted by molar-refractivity contribution is 0.0728. The van der Waals surface area contributed by atoms with Crippen LogP contribution in [0.1, 0.15) is 38.9 Å². The van der Waals surface area contributed by atoms with E-state index in [0.29, 0.717) is 28.6 Å². The van der Waals surface area contributed by atoms with Crippen LogP contribution in [0.4, 0.5) is 0 Å². The van der Waals surface area contributed by atoms with Gasteiger partial charge in [0.05, 0.1) is 23.4 Å². The van der Waals surface area contributed by atoms with E-state index in [1.165, 1.54) is 6.21 Å². The van der Waals surface area contributed by atoms with Gasteiger partial charge >= 0.3 is 5.97 Å². The number of halogens is 1. The average Bonchev–Trinajstić information content (AvgIpc) is 3.36. The summed E-state index contributed by atoms with van der Waals surface area (Å²) in [7, 11) is 0. The smallest absolute Gasteiger partial charge is 0.345 e. The second-order valence-corrected chi connectivity index (χ2v) is 9.35.